The third-order valence-electron chi connectivity index (χ3n) is 4.88. The first-order chi connectivity index (χ1) is 16.6. The van der Waals surface area contributed by atoms with Gasteiger partial charge in [0.15, 0.2) is 0 Å². The van der Waals surface area contributed by atoms with Crippen LogP contribution in [0.2, 0.25) is 0 Å². The SMILES string of the molecule is COc1ccc(S(=O)(=O)N(CC(=O)N/N=C\c2ccccc2C(F)(F)F)Cc2ccccc2)cc1. The number of rotatable bonds is 9. The molecule has 3 rings (SSSR count). The molecule has 0 unspecified atom stereocenters. The molecule has 0 aliphatic carbocycles. The van der Waals surface area contributed by atoms with Crippen LogP contribution in [0.3, 0.4) is 0 Å². The van der Waals surface area contributed by atoms with Gasteiger partial charge in [-0.05, 0) is 35.9 Å². The molecule has 11 heteroatoms. The predicted molar refractivity (Wildman–Crippen MR) is 124 cm³/mol. The molecular weight excluding hydrogens is 483 g/mol. The minimum absolute atomic E-state index is 0.0513. The number of hydrogen-bond donors (Lipinski definition) is 1. The lowest BCUT2D eigenvalue weighted by atomic mass is 10.1. The highest BCUT2D eigenvalue weighted by Crippen LogP contribution is 2.31. The van der Waals surface area contributed by atoms with Crippen molar-refractivity contribution in [2.24, 2.45) is 5.10 Å². The third kappa shape index (κ3) is 6.90. The minimum Gasteiger partial charge on any atom is -0.497 e. The Kier molecular flexibility index (Phi) is 8.26. The van der Waals surface area contributed by atoms with E-state index in [2.05, 4.69) is 10.5 Å². The molecule has 0 aliphatic rings. The number of ether oxygens (including phenoxy) is 1. The first-order valence-corrected chi connectivity index (χ1v) is 11.7. The van der Waals surface area contributed by atoms with E-state index >= 15 is 0 Å². The van der Waals surface area contributed by atoms with E-state index in [-0.39, 0.29) is 17.0 Å². The normalized spacial score (nSPS) is 12.1. The number of halogens is 3. The monoisotopic (exact) mass is 505 g/mol. The van der Waals surface area contributed by atoms with E-state index in [0.717, 1.165) is 16.6 Å². The van der Waals surface area contributed by atoms with Crippen LogP contribution in [0, 0.1) is 0 Å². The van der Waals surface area contributed by atoms with Crippen LogP contribution in [-0.4, -0.2) is 38.5 Å². The molecular formula is C24H22F3N3O4S. The van der Waals surface area contributed by atoms with E-state index in [1.165, 1.54) is 49.6 Å². The number of hydrogen-bond acceptors (Lipinski definition) is 5. The summed E-state index contributed by atoms with van der Waals surface area (Å²) in [5.41, 5.74) is 1.59. The van der Waals surface area contributed by atoms with Crippen molar-refractivity contribution in [2.45, 2.75) is 17.6 Å². The molecule has 184 valence electrons. The quantitative estimate of drug-likeness (QED) is 0.351. The van der Waals surface area contributed by atoms with E-state index < -0.39 is 34.2 Å². The lowest BCUT2D eigenvalue weighted by Crippen LogP contribution is -2.39. The summed E-state index contributed by atoms with van der Waals surface area (Å²) in [6.45, 7) is -0.718. The maximum Gasteiger partial charge on any atom is 0.417 e. The van der Waals surface area contributed by atoms with Gasteiger partial charge in [0.2, 0.25) is 10.0 Å². The molecule has 3 aromatic rings. The van der Waals surface area contributed by atoms with Crippen molar-refractivity contribution in [1.82, 2.24) is 9.73 Å². The van der Waals surface area contributed by atoms with Crippen LogP contribution in [0.15, 0.2) is 88.9 Å². The van der Waals surface area contributed by atoms with Gasteiger partial charge in [0.25, 0.3) is 5.91 Å². The largest absolute Gasteiger partial charge is 0.497 e. The molecule has 0 spiro atoms. The highest BCUT2D eigenvalue weighted by Gasteiger charge is 2.32. The van der Waals surface area contributed by atoms with Crippen molar-refractivity contribution < 1.29 is 31.1 Å². The number of carbonyl (C=O) groups excluding carboxylic acids is 1. The van der Waals surface area contributed by atoms with Gasteiger partial charge in [-0.1, -0.05) is 48.5 Å². The molecule has 0 radical (unpaired) electrons. The average molecular weight is 506 g/mol. The number of sulfonamides is 1. The Morgan fingerprint density at radius 2 is 1.63 bits per heavy atom. The Bertz CT molecular complexity index is 1280. The van der Waals surface area contributed by atoms with Crippen LogP contribution in [0.25, 0.3) is 0 Å². The number of carbonyl (C=O) groups is 1. The summed E-state index contributed by atoms with van der Waals surface area (Å²) in [5, 5.41) is 3.59. The van der Waals surface area contributed by atoms with Crippen LogP contribution < -0.4 is 10.2 Å². The number of benzene rings is 3. The number of amides is 1. The van der Waals surface area contributed by atoms with Gasteiger partial charge in [-0.2, -0.15) is 22.6 Å². The second-order valence-corrected chi connectivity index (χ2v) is 9.25. The molecule has 0 saturated carbocycles. The van der Waals surface area contributed by atoms with Gasteiger partial charge >= 0.3 is 6.18 Å². The summed E-state index contributed by atoms with van der Waals surface area (Å²) in [4.78, 5) is 12.5. The second-order valence-electron chi connectivity index (χ2n) is 7.31. The zero-order chi connectivity index (χ0) is 25.5. The fourth-order valence-corrected chi connectivity index (χ4v) is 4.53. The molecule has 0 atom stereocenters. The zero-order valence-corrected chi connectivity index (χ0v) is 19.4. The molecule has 0 fully saturated rings. The van der Waals surface area contributed by atoms with Gasteiger partial charge in [-0.3, -0.25) is 4.79 Å². The molecule has 7 nitrogen and oxygen atoms in total. The Labute approximate surface area is 200 Å². The topological polar surface area (TPSA) is 88.1 Å². The highest BCUT2D eigenvalue weighted by molar-refractivity contribution is 7.89. The Morgan fingerprint density at radius 3 is 2.26 bits per heavy atom. The fraction of sp³-hybridized carbons (Fsp3) is 0.167. The van der Waals surface area contributed by atoms with Gasteiger partial charge < -0.3 is 4.74 Å². The molecule has 0 saturated heterocycles. The fourth-order valence-electron chi connectivity index (χ4n) is 3.15. The third-order valence-corrected chi connectivity index (χ3v) is 6.68. The first-order valence-electron chi connectivity index (χ1n) is 10.3. The lowest BCUT2D eigenvalue weighted by molar-refractivity contribution is -0.137. The van der Waals surface area contributed by atoms with Crippen molar-refractivity contribution in [3.63, 3.8) is 0 Å². The second kappa shape index (κ2) is 11.2. The van der Waals surface area contributed by atoms with Gasteiger partial charge in [0, 0.05) is 12.1 Å². The highest BCUT2D eigenvalue weighted by atomic mass is 32.2. The number of alkyl halides is 3. The summed E-state index contributed by atoms with van der Waals surface area (Å²) in [5.74, 6) is -0.358. The first kappa shape index (κ1) is 25.9. The van der Waals surface area contributed by atoms with Crippen molar-refractivity contribution in [3.8, 4) is 5.75 Å². The molecule has 0 bridgehead atoms. The number of nitrogens with zero attached hydrogens (tertiary/aromatic N) is 2. The van der Waals surface area contributed by atoms with Crippen LogP contribution in [-0.2, 0) is 27.5 Å². The Hall–Kier alpha value is -3.70. The summed E-state index contributed by atoms with van der Waals surface area (Å²) in [6.07, 6.45) is -3.73. The average Bonchev–Trinajstić information content (AvgIpc) is 2.84. The molecule has 3 aromatic carbocycles. The van der Waals surface area contributed by atoms with Crippen molar-refractivity contribution >= 4 is 22.1 Å². The van der Waals surface area contributed by atoms with Crippen LogP contribution in [0.5, 0.6) is 5.75 Å². The van der Waals surface area contributed by atoms with E-state index in [9.17, 15) is 26.4 Å². The van der Waals surface area contributed by atoms with E-state index in [1.54, 1.807) is 30.3 Å². The van der Waals surface area contributed by atoms with E-state index in [1.807, 2.05) is 0 Å². The van der Waals surface area contributed by atoms with Gasteiger partial charge in [-0.15, -0.1) is 0 Å². The molecule has 0 aliphatic heterocycles. The smallest absolute Gasteiger partial charge is 0.417 e. The maximum absolute atomic E-state index is 13.3. The number of nitrogens with one attached hydrogen (secondary N) is 1. The van der Waals surface area contributed by atoms with Gasteiger partial charge in [0.05, 0.1) is 30.3 Å². The van der Waals surface area contributed by atoms with Gasteiger partial charge in [0.1, 0.15) is 5.75 Å². The standard InChI is InChI=1S/C24H22F3N3O4S/c1-34-20-11-13-21(14-12-20)35(32,33)30(16-18-7-3-2-4-8-18)17-23(31)29-28-15-19-9-5-6-10-22(19)24(25,26)27/h2-15H,16-17H2,1H3,(H,29,31)/b28-15-. The van der Waals surface area contributed by atoms with Crippen LogP contribution >= 0.6 is 0 Å². The summed E-state index contributed by atoms with van der Waals surface area (Å²) in [7, 11) is -2.66. The Morgan fingerprint density at radius 1 is 1.00 bits per heavy atom. The maximum atomic E-state index is 13.3. The predicted octanol–water partition coefficient (Wildman–Crippen LogP) is 4.06. The van der Waals surface area contributed by atoms with E-state index in [4.69, 9.17) is 4.74 Å². The number of methoxy groups -OCH3 is 1. The molecule has 35 heavy (non-hydrogen) atoms. The summed E-state index contributed by atoms with van der Waals surface area (Å²) in [6, 6.07) is 19.1. The lowest BCUT2D eigenvalue weighted by Gasteiger charge is -2.21. The molecule has 0 heterocycles. The van der Waals surface area contributed by atoms with Gasteiger partial charge in [-0.25, -0.2) is 13.8 Å². The zero-order valence-electron chi connectivity index (χ0n) is 18.6. The van der Waals surface area contributed by atoms with Crippen molar-refractivity contribution in [2.75, 3.05) is 13.7 Å². The van der Waals surface area contributed by atoms with Crippen molar-refractivity contribution in [3.05, 3.63) is 95.6 Å². The van der Waals surface area contributed by atoms with Crippen molar-refractivity contribution in [1.29, 1.82) is 0 Å². The van der Waals surface area contributed by atoms with E-state index in [0.29, 0.717) is 11.3 Å². The summed E-state index contributed by atoms with van der Waals surface area (Å²) >= 11 is 0. The van der Waals surface area contributed by atoms with Crippen LogP contribution in [0.4, 0.5) is 13.2 Å². The molecule has 0 aromatic heterocycles. The van der Waals surface area contributed by atoms with Crippen LogP contribution in [0.1, 0.15) is 16.7 Å². The number of hydrazone groups is 1. The molecule has 1 N–H and O–H groups in total. The Balaban J connectivity index is 1.80. The minimum atomic E-state index is -4.59. The molecule has 1 amide bonds. The summed E-state index contributed by atoms with van der Waals surface area (Å²) < 4.78 is 71.9.